The van der Waals surface area contributed by atoms with Gasteiger partial charge in [0.1, 0.15) is 0 Å². The molecule has 0 bridgehead atoms. The maximum absolute atomic E-state index is 5.63. The van der Waals surface area contributed by atoms with Crippen LogP contribution in [-0.2, 0) is 13.2 Å². The van der Waals surface area contributed by atoms with Crippen molar-refractivity contribution >= 4 is 66.0 Å². The predicted molar refractivity (Wildman–Crippen MR) is 103 cm³/mol. The molecule has 4 nitrogen and oxygen atoms in total. The average Bonchev–Trinajstić information content (AvgIpc) is 3.16. The molecule has 0 N–H and O–H groups in total. The summed E-state index contributed by atoms with van der Waals surface area (Å²) in [4.78, 5) is 3.16. The summed E-state index contributed by atoms with van der Waals surface area (Å²) in [7, 11) is 2.08. The van der Waals surface area contributed by atoms with Gasteiger partial charge in [0.25, 0.3) is 0 Å². The topological polar surface area (TPSA) is 25.5 Å². The van der Waals surface area contributed by atoms with Gasteiger partial charge in [0.2, 0.25) is 9.73 Å². The van der Waals surface area contributed by atoms with Gasteiger partial charge in [0, 0.05) is 6.54 Å². The average molecular weight is 425 g/mol. The molecule has 0 fully saturated rings. The van der Waals surface area contributed by atoms with Crippen LogP contribution >= 0.6 is 50.8 Å². The second-order valence-corrected chi connectivity index (χ2v) is 9.05. The number of halogens is 1. The standard InChI is InChI=1S/C15H13BrN4S3/c1-18(7-10-6-13(16)22-8-10)9-19-15(21)20-11-4-2-3-5-12(11)23-14(20)17-19/h2-6,8H,7,9H2,1H3. The number of thiophene rings is 1. The molecule has 0 aliphatic heterocycles. The number of hydrogen-bond acceptors (Lipinski definition) is 5. The highest BCUT2D eigenvalue weighted by Crippen LogP contribution is 2.26. The minimum atomic E-state index is 0.676. The third-order valence-electron chi connectivity index (χ3n) is 3.57. The lowest BCUT2D eigenvalue weighted by atomic mass is 10.3. The Morgan fingerprint density at radius 1 is 1.35 bits per heavy atom. The minimum Gasteiger partial charge on any atom is -0.283 e. The molecule has 0 atom stereocenters. The summed E-state index contributed by atoms with van der Waals surface area (Å²) in [6.07, 6.45) is 0. The van der Waals surface area contributed by atoms with Crippen molar-refractivity contribution in [3.8, 4) is 0 Å². The molecule has 23 heavy (non-hydrogen) atoms. The van der Waals surface area contributed by atoms with Gasteiger partial charge in [-0.25, -0.2) is 4.68 Å². The van der Waals surface area contributed by atoms with Gasteiger partial charge in [-0.2, -0.15) is 0 Å². The van der Waals surface area contributed by atoms with Crippen LogP contribution in [0.25, 0.3) is 15.2 Å². The van der Waals surface area contributed by atoms with Crippen molar-refractivity contribution in [1.82, 2.24) is 19.1 Å². The van der Waals surface area contributed by atoms with Crippen molar-refractivity contribution in [3.63, 3.8) is 0 Å². The van der Waals surface area contributed by atoms with E-state index in [-0.39, 0.29) is 0 Å². The van der Waals surface area contributed by atoms with Crippen LogP contribution in [-0.4, -0.2) is 26.1 Å². The highest BCUT2D eigenvalue weighted by Gasteiger charge is 2.12. The Hall–Kier alpha value is -1.06. The van der Waals surface area contributed by atoms with Crippen LogP contribution < -0.4 is 0 Å². The lowest BCUT2D eigenvalue weighted by molar-refractivity contribution is 0.245. The van der Waals surface area contributed by atoms with Crippen LogP contribution in [0, 0.1) is 4.77 Å². The molecule has 8 heteroatoms. The van der Waals surface area contributed by atoms with Crippen molar-refractivity contribution < 1.29 is 0 Å². The van der Waals surface area contributed by atoms with E-state index in [2.05, 4.69) is 61.0 Å². The van der Waals surface area contributed by atoms with Crippen LogP contribution in [0.15, 0.2) is 39.5 Å². The molecule has 0 radical (unpaired) electrons. The predicted octanol–water partition coefficient (Wildman–Crippen LogP) is 4.99. The fourth-order valence-corrected chi connectivity index (χ4v) is 5.16. The zero-order valence-electron chi connectivity index (χ0n) is 12.3. The number of para-hydroxylation sites is 1. The highest BCUT2D eigenvalue weighted by atomic mass is 79.9. The third kappa shape index (κ3) is 2.89. The van der Waals surface area contributed by atoms with Crippen molar-refractivity contribution in [2.24, 2.45) is 0 Å². The summed E-state index contributed by atoms with van der Waals surface area (Å²) in [6.45, 7) is 1.55. The van der Waals surface area contributed by atoms with Gasteiger partial charge in [-0.1, -0.05) is 23.5 Å². The number of nitrogens with zero attached hydrogens (tertiary/aromatic N) is 4. The molecular weight excluding hydrogens is 412 g/mol. The Bertz CT molecular complexity index is 1040. The van der Waals surface area contributed by atoms with Gasteiger partial charge in [-0.05, 0) is 64.3 Å². The van der Waals surface area contributed by atoms with Gasteiger partial charge in [-0.3, -0.25) is 9.30 Å². The molecule has 118 valence electrons. The molecule has 1 aromatic carbocycles. The van der Waals surface area contributed by atoms with Crippen LogP contribution in [0.5, 0.6) is 0 Å². The monoisotopic (exact) mass is 424 g/mol. The molecule has 0 amide bonds. The van der Waals surface area contributed by atoms with Crippen LogP contribution in [0.4, 0.5) is 0 Å². The van der Waals surface area contributed by atoms with Crippen molar-refractivity contribution in [3.05, 3.63) is 49.8 Å². The second kappa shape index (κ2) is 6.10. The van der Waals surface area contributed by atoms with E-state index < -0.39 is 0 Å². The number of benzene rings is 1. The van der Waals surface area contributed by atoms with Crippen molar-refractivity contribution in [2.45, 2.75) is 13.2 Å². The lowest BCUT2D eigenvalue weighted by Crippen LogP contribution is -2.22. The summed E-state index contributed by atoms with van der Waals surface area (Å²) in [6, 6.07) is 10.4. The number of fused-ring (bicyclic) bond motifs is 3. The first kappa shape index (κ1) is 15.5. The highest BCUT2D eigenvalue weighted by molar-refractivity contribution is 9.11. The molecule has 0 saturated heterocycles. The normalized spacial score (nSPS) is 12.0. The zero-order valence-corrected chi connectivity index (χ0v) is 16.3. The first-order chi connectivity index (χ1) is 11.1. The van der Waals surface area contributed by atoms with Gasteiger partial charge in [0.15, 0.2) is 0 Å². The first-order valence-corrected chi connectivity index (χ1v) is 9.90. The van der Waals surface area contributed by atoms with Crippen LogP contribution in [0.3, 0.4) is 0 Å². The van der Waals surface area contributed by atoms with Gasteiger partial charge >= 0.3 is 0 Å². The molecule has 0 aliphatic rings. The Kier molecular flexibility index (Phi) is 4.10. The van der Waals surface area contributed by atoms with E-state index >= 15 is 0 Å². The van der Waals surface area contributed by atoms with E-state index in [0.717, 1.165) is 25.6 Å². The molecule has 3 aromatic heterocycles. The van der Waals surface area contributed by atoms with Gasteiger partial charge in [0.05, 0.1) is 20.7 Å². The number of rotatable bonds is 4. The van der Waals surface area contributed by atoms with Gasteiger partial charge < -0.3 is 0 Å². The number of aromatic nitrogens is 3. The fourth-order valence-electron chi connectivity index (χ4n) is 2.60. The van der Waals surface area contributed by atoms with Crippen LogP contribution in [0.2, 0.25) is 0 Å². The smallest absolute Gasteiger partial charge is 0.216 e. The summed E-state index contributed by atoms with van der Waals surface area (Å²) in [5.41, 5.74) is 2.43. The molecule has 3 heterocycles. The van der Waals surface area contributed by atoms with Crippen molar-refractivity contribution in [1.29, 1.82) is 0 Å². The minimum absolute atomic E-state index is 0.676. The van der Waals surface area contributed by atoms with Crippen LogP contribution in [0.1, 0.15) is 5.56 Å². The van der Waals surface area contributed by atoms with E-state index in [9.17, 15) is 0 Å². The first-order valence-electron chi connectivity index (χ1n) is 7.00. The molecule has 4 aromatic rings. The SMILES string of the molecule is CN(Cc1csc(Br)c1)Cn1nc2sc3ccccc3n2c1=S. The van der Waals surface area contributed by atoms with E-state index in [0.29, 0.717) is 6.67 Å². The molecule has 4 rings (SSSR count). The van der Waals surface area contributed by atoms with E-state index in [1.165, 1.54) is 10.3 Å². The number of thiazole rings is 1. The largest absolute Gasteiger partial charge is 0.283 e. The third-order valence-corrected chi connectivity index (χ3v) is 6.53. The summed E-state index contributed by atoms with van der Waals surface area (Å²) >= 11 is 12.5. The summed E-state index contributed by atoms with van der Waals surface area (Å²) in [5.74, 6) is 0. The van der Waals surface area contributed by atoms with E-state index in [1.54, 1.807) is 22.7 Å². The van der Waals surface area contributed by atoms with E-state index in [4.69, 9.17) is 12.2 Å². The zero-order chi connectivity index (χ0) is 16.0. The summed E-state index contributed by atoms with van der Waals surface area (Å²) in [5, 5.41) is 6.85. The Labute approximate surface area is 154 Å². The Morgan fingerprint density at radius 2 is 2.17 bits per heavy atom. The van der Waals surface area contributed by atoms with E-state index in [1.807, 2.05) is 16.8 Å². The Balaban J connectivity index is 1.64. The lowest BCUT2D eigenvalue weighted by Gasteiger charge is -2.15. The molecular formula is C15H13BrN4S3. The molecule has 0 saturated carbocycles. The molecule has 0 spiro atoms. The fraction of sp³-hybridized carbons (Fsp3) is 0.200. The molecule has 0 unspecified atom stereocenters. The Morgan fingerprint density at radius 3 is 2.96 bits per heavy atom. The summed E-state index contributed by atoms with van der Waals surface area (Å²) < 4.78 is 7.08. The maximum atomic E-state index is 5.63. The van der Waals surface area contributed by atoms with Gasteiger partial charge in [-0.15, -0.1) is 16.4 Å². The van der Waals surface area contributed by atoms with Crippen molar-refractivity contribution in [2.75, 3.05) is 7.05 Å². The number of hydrogen-bond donors (Lipinski definition) is 0. The maximum Gasteiger partial charge on any atom is 0.216 e. The molecule has 0 aliphatic carbocycles. The quantitative estimate of drug-likeness (QED) is 0.431. The second-order valence-electron chi connectivity index (χ2n) is 5.38.